The summed E-state index contributed by atoms with van der Waals surface area (Å²) in [4.78, 5) is 23.2. The average molecular weight is 288 g/mol. The number of halogens is 1. The molecular formula is C13H22ClN3O2. The molecule has 108 valence electrons. The molecule has 0 saturated carbocycles. The van der Waals surface area contributed by atoms with Gasteiger partial charge in [0.15, 0.2) is 0 Å². The highest BCUT2D eigenvalue weighted by Crippen LogP contribution is 2.07. The molecule has 0 aliphatic rings. The summed E-state index contributed by atoms with van der Waals surface area (Å²) in [5.41, 5.74) is 6.30. The van der Waals surface area contributed by atoms with Gasteiger partial charge in [-0.15, -0.1) is 12.4 Å². The zero-order chi connectivity index (χ0) is 13.7. The molecule has 0 aliphatic carbocycles. The van der Waals surface area contributed by atoms with Crippen LogP contribution in [0.4, 0.5) is 5.69 Å². The maximum Gasteiger partial charge on any atom is 0.250 e. The Kier molecular flexibility index (Phi) is 7.41. The summed E-state index contributed by atoms with van der Waals surface area (Å²) < 4.78 is 1.53. The Morgan fingerprint density at radius 2 is 2.05 bits per heavy atom. The summed E-state index contributed by atoms with van der Waals surface area (Å²) in [5, 5.41) is 2.73. The van der Waals surface area contributed by atoms with E-state index in [4.69, 9.17) is 5.73 Å². The number of hydrogen-bond acceptors (Lipinski definition) is 3. The number of carbonyl (C=O) groups is 1. The van der Waals surface area contributed by atoms with Crippen molar-refractivity contribution in [3.05, 3.63) is 28.7 Å². The molecule has 1 aromatic rings. The molecule has 0 bridgehead atoms. The number of pyridine rings is 1. The maximum atomic E-state index is 11.8. The highest BCUT2D eigenvalue weighted by Gasteiger charge is 2.15. The number of carbonyl (C=O) groups excluding carboxylic acids is 1. The van der Waals surface area contributed by atoms with E-state index in [1.54, 1.807) is 12.3 Å². The molecule has 0 unspecified atom stereocenters. The van der Waals surface area contributed by atoms with E-state index in [1.165, 1.54) is 10.6 Å². The van der Waals surface area contributed by atoms with Crippen molar-refractivity contribution in [2.45, 2.75) is 39.8 Å². The Morgan fingerprint density at radius 3 is 2.58 bits per heavy atom. The molecule has 0 saturated heterocycles. The van der Waals surface area contributed by atoms with Gasteiger partial charge in [-0.05, 0) is 25.3 Å². The van der Waals surface area contributed by atoms with E-state index in [-0.39, 0.29) is 23.9 Å². The smallest absolute Gasteiger partial charge is 0.250 e. The second kappa shape index (κ2) is 7.96. The van der Waals surface area contributed by atoms with Crippen LogP contribution in [0, 0.1) is 5.92 Å². The molecule has 1 atom stereocenters. The number of rotatable bonds is 5. The molecule has 0 spiro atoms. The lowest BCUT2D eigenvalue weighted by molar-refractivity contribution is -0.117. The molecule has 3 N–H and O–H groups in total. The summed E-state index contributed by atoms with van der Waals surface area (Å²) in [5.74, 6) is 0.153. The fraction of sp³-hybridized carbons (Fsp3) is 0.538. The Hall–Kier alpha value is -1.33. The third-order valence-corrected chi connectivity index (χ3v) is 2.65. The largest absolute Gasteiger partial charge is 0.323 e. The van der Waals surface area contributed by atoms with E-state index in [9.17, 15) is 9.59 Å². The van der Waals surface area contributed by atoms with Crippen molar-refractivity contribution in [2.24, 2.45) is 11.7 Å². The number of amides is 1. The summed E-state index contributed by atoms with van der Waals surface area (Å²) in [6.45, 7) is 6.48. The van der Waals surface area contributed by atoms with Crippen molar-refractivity contribution in [1.29, 1.82) is 0 Å². The molecule has 0 aliphatic heterocycles. The zero-order valence-corrected chi connectivity index (χ0v) is 12.4. The topological polar surface area (TPSA) is 77.1 Å². The minimum Gasteiger partial charge on any atom is -0.323 e. The number of anilines is 1. The molecule has 0 aromatic carbocycles. The van der Waals surface area contributed by atoms with Crippen LogP contribution in [0.1, 0.15) is 27.2 Å². The van der Waals surface area contributed by atoms with Crippen LogP contribution >= 0.6 is 12.4 Å². The van der Waals surface area contributed by atoms with Crippen LogP contribution in [0.15, 0.2) is 23.1 Å². The van der Waals surface area contributed by atoms with E-state index in [2.05, 4.69) is 5.32 Å². The maximum absolute atomic E-state index is 11.8. The van der Waals surface area contributed by atoms with Crippen LogP contribution in [-0.2, 0) is 11.3 Å². The van der Waals surface area contributed by atoms with Crippen molar-refractivity contribution >= 4 is 24.0 Å². The van der Waals surface area contributed by atoms with E-state index >= 15 is 0 Å². The minimum absolute atomic E-state index is 0. The molecule has 19 heavy (non-hydrogen) atoms. The van der Waals surface area contributed by atoms with Gasteiger partial charge in [0.2, 0.25) is 5.91 Å². The second-order valence-electron chi connectivity index (χ2n) is 4.77. The van der Waals surface area contributed by atoms with Gasteiger partial charge in [-0.25, -0.2) is 0 Å². The van der Waals surface area contributed by atoms with Crippen molar-refractivity contribution in [2.75, 3.05) is 5.32 Å². The molecule has 6 heteroatoms. The number of aryl methyl sites for hydroxylation is 1. The van der Waals surface area contributed by atoms with Crippen LogP contribution in [-0.4, -0.2) is 16.5 Å². The Balaban J connectivity index is 0.00000324. The Morgan fingerprint density at radius 1 is 1.42 bits per heavy atom. The predicted octanol–water partition coefficient (Wildman–Crippen LogP) is 1.60. The van der Waals surface area contributed by atoms with Gasteiger partial charge in [0.05, 0.1) is 11.7 Å². The van der Waals surface area contributed by atoms with Gasteiger partial charge in [0.1, 0.15) is 0 Å². The van der Waals surface area contributed by atoms with E-state index in [0.717, 1.165) is 0 Å². The lowest BCUT2D eigenvalue weighted by Gasteiger charge is -2.14. The van der Waals surface area contributed by atoms with Crippen LogP contribution < -0.4 is 16.6 Å². The minimum atomic E-state index is -0.521. The Bertz CT molecular complexity index is 471. The molecule has 5 nitrogen and oxygen atoms in total. The number of nitrogens with zero attached hydrogens (tertiary/aromatic N) is 1. The fourth-order valence-electron chi connectivity index (χ4n) is 1.70. The van der Waals surface area contributed by atoms with Crippen LogP contribution in [0.25, 0.3) is 0 Å². The van der Waals surface area contributed by atoms with Gasteiger partial charge < -0.3 is 15.6 Å². The summed E-state index contributed by atoms with van der Waals surface area (Å²) >= 11 is 0. The summed E-state index contributed by atoms with van der Waals surface area (Å²) in [6, 6.07) is 2.51. The lowest BCUT2D eigenvalue weighted by atomic mass is 10.0. The second-order valence-corrected chi connectivity index (χ2v) is 4.77. The standard InChI is InChI=1S/C13H21N3O2.ClH/c1-4-16-8-10(5-6-12(16)17)15-13(18)11(14)7-9(2)3;/h5-6,8-9,11H,4,7,14H2,1-3H3,(H,15,18);1H/t11-;/m0./s1. The van der Waals surface area contributed by atoms with Gasteiger partial charge in [-0.2, -0.15) is 0 Å². The number of nitrogens with one attached hydrogen (secondary N) is 1. The number of nitrogens with two attached hydrogens (primary N) is 1. The van der Waals surface area contributed by atoms with Crippen LogP contribution in [0.5, 0.6) is 0 Å². The quantitative estimate of drug-likeness (QED) is 0.863. The van der Waals surface area contributed by atoms with Gasteiger partial charge in [0, 0.05) is 18.8 Å². The predicted molar refractivity (Wildman–Crippen MR) is 79.7 cm³/mol. The van der Waals surface area contributed by atoms with Gasteiger partial charge in [-0.1, -0.05) is 13.8 Å². The molecule has 1 rings (SSSR count). The average Bonchev–Trinajstić information content (AvgIpc) is 2.30. The Labute approximate surface area is 119 Å². The zero-order valence-electron chi connectivity index (χ0n) is 11.6. The summed E-state index contributed by atoms with van der Waals surface area (Å²) in [7, 11) is 0. The molecule has 1 aromatic heterocycles. The van der Waals surface area contributed by atoms with E-state index < -0.39 is 6.04 Å². The third kappa shape index (κ3) is 5.44. The van der Waals surface area contributed by atoms with Gasteiger partial charge in [-0.3, -0.25) is 9.59 Å². The van der Waals surface area contributed by atoms with E-state index in [0.29, 0.717) is 24.6 Å². The first-order chi connectivity index (χ1) is 8.43. The van der Waals surface area contributed by atoms with Gasteiger partial charge in [0.25, 0.3) is 5.56 Å². The lowest BCUT2D eigenvalue weighted by Crippen LogP contribution is -2.37. The van der Waals surface area contributed by atoms with Crippen LogP contribution in [0.3, 0.4) is 0 Å². The normalized spacial score (nSPS) is 11.8. The first-order valence-electron chi connectivity index (χ1n) is 6.21. The number of hydrogen-bond donors (Lipinski definition) is 2. The monoisotopic (exact) mass is 287 g/mol. The SMILES string of the molecule is CCn1cc(NC(=O)[C@@H](N)CC(C)C)ccc1=O.Cl. The van der Waals surface area contributed by atoms with Gasteiger partial charge >= 0.3 is 0 Å². The molecular weight excluding hydrogens is 266 g/mol. The molecule has 0 radical (unpaired) electrons. The highest BCUT2D eigenvalue weighted by molar-refractivity contribution is 5.94. The first-order valence-corrected chi connectivity index (χ1v) is 6.21. The number of aromatic nitrogens is 1. The fourth-order valence-corrected chi connectivity index (χ4v) is 1.70. The van der Waals surface area contributed by atoms with Crippen molar-refractivity contribution in [1.82, 2.24) is 4.57 Å². The molecule has 1 amide bonds. The third-order valence-electron chi connectivity index (χ3n) is 2.65. The summed E-state index contributed by atoms with van der Waals surface area (Å²) in [6.07, 6.45) is 2.27. The van der Waals surface area contributed by atoms with Crippen molar-refractivity contribution < 1.29 is 4.79 Å². The molecule has 1 heterocycles. The van der Waals surface area contributed by atoms with Crippen LogP contribution in [0.2, 0.25) is 0 Å². The van der Waals surface area contributed by atoms with E-state index in [1.807, 2.05) is 20.8 Å². The molecule has 0 fully saturated rings. The van der Waals surface area contributed by atoms with Crippen molar-refractivity contribution in [3.63, 3.8) is 0 Å². The first kappa shape index (κ1) is 17.7. The highest BCUT2D eigenvalue weighted by atomic mass is 35.5. The van der Waals surface area contributed by atoms with Crippen molar-refractivity contribution in [3.8, 4) is 0 Å².